The Kier molecular flexibility index (Phi) is 2.76. The minimum absolute atomic E-state index is 0.186. The van der Waals surface area contributed by atoms with Crippen LogP contribution in [-0.4, -0.2) is 6.08 Å². The predicted molar refractivity (Wildman–Crippen MR) is 45.6 cm³/mol. The summed E-state index contributed by atoms with van der Waals surface area (Å²) in [6.45, 7) is 1.79. The fourth-order valence-electron chi connectivity index (χ4n) is 0.780. The molecule has 0 spiro atoms. The third-order valence-corrected chi connectivity index (χ3v) is 2.56. The second kappa shape index (κ2) is 3.82. The van der Waals surface area contributed by atoms with Gasteiger partial charge in [0.05, 0.1) is 6.04 Å². The summed E-state index contributed by atoms with van der Waals surface area (Å²) in [4.78, 5) is 15.0. The maximum atomic E-state index is 9.91. The van der Waals surface area contributed by atoms with Gasteiger partial charge in [0, 0.05) is 4.88 Å². The van der Waals surface area contributed by atoms with Crippen molar-refractivity contribution in [2.45, 2.75) is 13.0 Å². The monoisotopic (exact) mass is 178 g/mol. The summed E-state index contributed by atoms with van der Waals surface area (Å²) >= 11 is 1.35. The molecule has 0 amide bonds. The SMILES string of the molecule is CC(N=C=O)c1ccc(C#N)s1. The van der Waals surface area contributed by atoms with Gasteiger partial charge >= 0.3 is 0 Å². The van der Waals surface area contributed by atoms with E-state index < -0.39 is 0 Å². The lowest BCUT2D eigenvalue weighted by Crippen LogP contribution is -1.81. The molecule has 1 rings (SSSR count). The first-order valence-corrected chi connectivity index (χ1v) is 4.16. The van der Waals surface area contributed by atoms with E-state index in [2.05, 4.69) is 4.99 Å². The molecule has 1 atom stereocenters. The largest absolute Gasteiger partial charge is 0.235 e. The van der Waals surface area contributed by atoms with E-state index in [0.717, 1.165) is 4.88 Å². The van der Waals surface area contributed by atoms with Crippen LogP contribution in [0.1, 0.15) is 22.7 Å². The van der Waals surface area contributed by atoms with Gasteiger partial charge in [-0.25, -0.2) is 4.79 Å². The first-order chi connectivity index (χ1) is 5.77. The highest BCUT2D eigenvalue weighted by molar-refractivity contribution is 7.12. The van der Waals surface area contributed by atoms with Gasteiger partial charge in [-0.2, -0.15) is 10.3 Å². The maximum absolute atomic E-state index is 9.91. The Labute approximate surface area is 74.0 Å². The summed E-state index contributed by atoms with van der Waals surface area (Å²) in [5.74, 6) is 0. The van der Waals surface area contributed by atoms with E-state index in [1.165, 1.54) is 17.4 Å². The molecule has 0 saturated heterocycles. The average molecular weight is 178 g/mol. The molecule has 0 saturated carbocycles. The fourth-order valence-corrected chi connectivity index (χ4v) is 1.58. The van der Waals surface area contributed by atoms with Gasteiger partial charge in [0.25, 0.3) is 0 Å². The third kappa shape index (κ3) is 1.79. The van der Waals surface area contributed by atoms with Crippen molar-refractivity contribution in [3.8, 4) is 6.07 Å². The highest BCUT2D eigenvalue weighted by atomic mass is 32.1. The minimum atomic E-state index is -0.186. The Morgan fingerprint density at radius 3 is 2.92 bits per heavy atom. The van der Waals surface area contributed by atoms with Gasteiger partial charge < -0.3 is 0 Å². The van der Waals surface area contributed by atoms with Crippen LogP contribution in [0.4, 0.5) is 0 Å². The van der Waals surface area contributed by atoms with E-state index >= 15 is 0 Å². The number of nitrogens with zero attached hydrogens (tertiary/aromatic N) is 2. The normalized spacial score (nSPS) is 11.3. The molecule has 0 aliphatic carbocycles. The molecule has 0 aromatic carbocycles. The van der Waals surface area contributed by atoms with E-state index in [1.54, 1.807) is 19.1 Å². The molecule has 60 valence electrons. The van der Waals surface area contributed by atoms with Gasteiger partial charge in [-0.15, -0.1) is 11.3 Å². The van der Waals surface area contributed by atoms with Crippen LogP contribution < -0.4 is 0 Å². The Hall–Kier alpha value is -1.43. The zero-order valence-electron chi connectivity index (χ0n) is 6.44. The van der Waals surface area contributed by atoms with Crippen LogP contribution in [0, 0.1) is 11.3 Å². The van der Waals surface area contributed by atoms with E-state index in [-0.39, 0.29) is 6.04 Å². The summed E-state index contributed by atoms with van der Waals surface area (Å²) in [6.07, 6.45) is 1.49. The van der Waals surface area contributed by atoms with E-state index in [0.29, 0.717) is 4.88 Å². The van der Waals surface area contributed by atoms with Crippen LogP contribution in [0.5, 0.6) is 0 Å². The van der Waals surface area contributed by atoms with Crippen LogP contribution in [0.15, 0.2) is 17.1 Å². The molecule has 1 heterocycles. The molecule has 1 unspecified atom stereocenters. The summed E-state index contributed by atoms with van der Waals surface area (Å²) < 4.78 is 0. The molecule has 0 aliphatic rings. The molecule has 3 nitrogen and oxygen atoms in total. The van der Waals surface area contributed by atoms with Crippen molar-refractivity contribution in [3.63, 3.8) is 0 Å². The van der Waals surface area contributed by atoms with Crippen molar-refractivity contribution >= 4 is 17.4 Å². The molecule has 1 aromatic rings. The van der Waals surface area contributed by atoms with Gasteiger partial charge in [0.2, 0.25) is 6.08 Å². The third-order valence-electron chi connectivity index (χ3n) is 1.40. The van der Waals surface area contributed by atoms with Crippen LogP contribution in [0.2, 0.25) is 0 Å². The second-order valence-corrected chi connectivity index (χ2v) is 3.33. The lowest BCUT2D eigenvalue weighted by molar-refractivity contribution is 0.560. The summed E-state index contributed by atoms with van der Waals surface area (Å²) in [6, 6.07) is 5.36. The number of thiophene rings is 1. The molecule has 12 heavy (non-hydrogen) atoms. The smallest absolute Gasteiger partial charge is 0.211 e. The van der Waals surface area contributed by atoms with Crippen molar-refractivity contribution in [3.05, 3.63) is 21.9 Å². The molecule has 0 fully saturated rings. The highest BCUT2D eigenvalue weighted by Crippen LogP contribution is 2.24. The first kappa shape index (κ1) is 8.66. The summed E-state index contributed by atoms with van der Waals surface area (Å²) in [5.41, 5.74) is 0. The van der Waals surface area contributed by atoms with E-state index in [1.807, 2.05) is 6.07 Å². The first-order valence-electron chi connectivity index (χ1n) is 3.34. The molecule has 0 bridgehead atoms. The van der Waals surface area contributed by atoms with Crippen LogP contribution in [-0.2, 0) is 4.79 Å². The average Bonchev–Trinajstić information content (AvgIpc) is 2.52. The van der Waals surface area contributed by atoms with Gasteiger partial charge in [-0.05, 0) is 19.1 Å². The zero-order chi connectivity index (χ0) is 8.97. The molecule has 1 aromatic heterocycles. The number of isocyanates is 1. The lowest BCUT2D eigenvalue weighted by atomic mass is 10.3. The zero-order valence-corrected chi connectivity index (χ0v) is 7.26. The Morgan fingerprint density at radius 2 is 2.42 bits per heavy atom. The minimum Gasteiger partial charge on any atom is -0.211 e. The van der Waals surface area contributed by atoms with Crippen LogP contribution >= 0.6 is 11.3 Å². The topological polar surface area (TPSA) is 53.2 Å². The Morgan fingerprint density at radius 1 is 1.67 bits per heavy atom. The van der Waals surface area contributed by atoms with Crippen LogP contribution in [0.3, 0.4) is 0 Å². The summed E-state index contributed by atoms with van der Waals surface area (Å²) in [5, 5.41) is 8.52. The van der Waals surface area contributed by atoms with Gasteiger partial charge in [-0.3, -0.25) is 0 Å². The van der Waals surface area contributed by atoms with E-state index in [4.69, 9.17) is 5.26 Å². The standard InChI is InChI=1S/C8H6N2OS/c1-6(10-5-11)8-3-2-7(4-9)12-8/h2-3,6H,1H3. The quantitative estimate of drug-likeness (QED) is 0.513. The second-order valence-electron chi connectivity index (χ2n) is 2.21. The van der Waals surface area contributed by atoms with Gasteiger partial charge in [0.1, 0.15) is 10.9 Å². The van der Waals surface area contributed by atoms with Crippen LogP contribution in [0.25, 0.3) is 0 Å². The molecule has 0 N–H and O–H groups in total. The fraction of sp³-hybridized carbons (Fsp3) is 0.250. The maximum Gasteiger partial charge on any atom is 0.235 e. The van der Waals surface area contributed by atoms with Gasteiger partial charge in [-0.1, -0.05) is 0 Å². The number of hydrogen-bond acceptors (Lipinski definition) is 4. The van der Waals surface area contributed by atoms with Crippen molar-refractivity contribution < 1.29 is 4.79 Å². The lowest BCUT2D eigenvalue weighted by Gasteiger charge is -1.96. The van der Waals surface area contributed by atoms with E-state index in [9.17, 15) is 4.79 Å². The Bertz CT molecular complexity index is 357. The molecule has 0 aliphatic heterocycles. The molecular weight excluding hydrogens is 172 g/mol. The molecular formula is C8H6N2OS. The van der Waals surface area contributed by atoms with Crippen molar-refractivity contribution in [2.24, 2.45) is 4.99 Å². The number of rotatable bonds is 2. The van der Waals surface area contributed by atoms with Crippen molar-refractivity contribution in [1.29, 1.82) is 5.26 Å². The summed E-state index contributed by atoms with van der Waals surface area (Å²) in [7, 11) is 0. The molecule has 0 radical (unpaired) electrons. The van der Waals surface area contributed by atoms with Gasteiger partial charge in [0.15, 0.2) is 0 Å². The van der Waals surface area contributed by atoms with Crippen molar-refractivity contribution in [1.82, 2.24) is 0 Å². The number of aliphatic imine (C=N–C) groups is 1. The number of nitriles is 1. The highest BCUT2D eigenvalue weighted by Gasteiger charge is 2.06. The molecule has 4 heteroatoms. The number of carbonyl (C=O) groups excluding carboxylic acids is 1. The number of hydrogen-bond donors (Lipinski definition) is 0. The predicted octanol–water partition coefficient (Wildman–Crippen LogP) is 2.02. The Balaban J connectivity index is 2.90. The van der Waals surface area contributed by atoms with Crippen molar-refractivity contribution in [2.75, 3.05) is 0 Å².